The predicted molar refractivity (Wildman–Crippen MR) is 135 cm³/mol. The first-order valence-corrected chi connectivity index (χ1v) is 14.3. The lowest BCUT2D eigenvalue weighted by Crippen LogP contribution is -2.62. The fourth-order valence-electron chi connectivity index (χ4n) is 9.82. The van der Waals surface area contributed by atoms with E-state index >= 15 is 0 Å². The Labute approximate surface area is 212 Å². The number of rotatable bonds is 7. The van der Waals surface area contributed by atoms with E-state index in [4.69, 9.17) is 0 Å². The van der Waals surface area contributed by atoms with Crippen molar-refractivity contribution in [2.45, 2.75) is 104 Å². The number of fused-ring (bicyclic) bond motifs is 5. The SMILES string of the molecule is CC[C@@H]1C2C[C@H](O)CC[C@]2(C)[C@H]2CC[C@]3(C)[C@@H]([C@H](C)CCC(=O)NCC(=O)OC)CC[C@H]3[C@@H]2[C@@H]1O. The summed E-state index contributed by atoms with van der Waals surface area (Å²) in [6.07, 6.45) is 9.36. The van der Waals surface area contributed by atoms with Gasteiger partial charge in [-0.2, -0.15) is 0 Å². The predicted octanol–water partition coefficient (Wildman–Crippen LogP) is 4.32. The molecule has 0 spiro atoms. The highest BCUT2D eigenvalue weighted by atomic mass is 16.5. The largest absolute Gasteiger partial charge is 0.468 e. The highest BCUT2D eigenvalue weighted by molar-refractivity contribution is 5.81. The smallest absolute Gasteiger partial charge is 0.325 e. The van der Waals surface area contributed by atoms with E-state index in [-0.39, 0.29) is 41.4 Å². The van der Waals surface area contributed by atoms with E-state index in [0.717, 1.165) is 32.1 Å². The van der Waals surface area contributed by atoms with Crippen LogP contribution in [-0.2, 0) is 14.3 Å². The highest BCUT2D eigenvalue weighted by Gasteiger charge is 2.64. The Hall–Kier alpha value is -1.14. The van der Waals surface area contributed by atoms with Gasteiger partial charge in [-0.3, -0.25) is 9.59 Å². The van der Waals surface area contributed by atoms with Crippen LogP contribution in [0.15, 0.2) is 0 Å². The normalized spacial score (nSPS) is 45.6. The molecule has 0 aromatic carbocycles. The third-order valence-electron chi connectivity index (χ3n) is 11.6. The molecule has 0 radical (unpaired) electrons. The van der Waals surface area contributed by atoms with Gasteiger partial charge in [-0.1, -0.05) is 34.1 Å². The van der Waals surface area contributed by atoms with E-state index in [1.165, 1.54) is 32.8 Å². The molecule has 0 aromatic rings. The molecule has 6 heteroatoms. The summed E-state index contributed by atoms with van der Waals surface area (Å²) in [5.74, 6) is 2.64. The molecule has 6 nitrogen and oxygen atoms in total. The molecule has 11 atom stereocenters. The first-order valence-electron chi connectivity index (χ1n) is 14.3. The minimum absolute atomic E-state index is 0.0662. The van der Waals surface area contributed by atoms with Gasteiger partial charge in [-0.15, -0.1) is 0 Å². The van der Waals surface area contributed by atoms with E-state index in [2.05, 4.69) is 37.7 Å². The summed E-state index contributed by atoms with van der Waals surface area (Å²) in [4.78, 5) is 23.6. The van der Waals surface area contributed by atoms with Gasteiger partial charge >= 0.3 is 5.97 Å². The van der Waals surface area contributed by atoms with Crippen molar-refractivity contribution in [1.82, 2.24) is 5.32 Å². The minimum Gasteiger partial charge on any atom is -0.468 e. The van der Waals surface area contributed by atoms with E-state index in [9.17, 15) is 19.8 Å². The van der Waals surface area contributed by atoms with Gasteiger partial charge in [-0.05, 0) is 104 Å². The summed E-state index contributed by atoms with van der Waals surface area (Å²) in [7, 11) is 1.33. The van der Waals surface area contributed by atoms with E-state index in [1.807, 2.05) is 0 Å². The number of carbonyl (C=O) groups is 2. The molecule has 0 bridgehead atoms. The molecule has 0 heterocycles. The molecule has 4 rings (SSSR count). The highest BCUT2D eigenvalue weighted by Crippen LogP contribution is 2.69. The maximum absolute atomic E-state index is 12.3. The fourth-order valence-corrected chi connectivity index (χ4v) is 9.82. The van der Waals surface area contributed by atoms with Crippen molar-refractivity contribution in [3.63, 3.8) is 0 Å². The number of amides is 1. The van der Waals surface area contributed by atoms with Crippen LogP contribution in [0.2, 0.25) is 0 Å². The fraction of sp³-hybridized carbons (Fsp3) is 0.931. The molecule has 0 aromatic heterocycles. The lowest BCUT2D eigenvalue weighted by Gasteiger charge is -2.64. The monoisotopic (exact) mass is 491 g/mol. The summed E-state index contributed by atoms with van der Waals surface area (Å²) < 4.78 is 4.61. The van der Waals surface area contributed by atoms with Crippen LogP contribution in [0, 0.1) is 52.3 Å². The number of hydrogen-bond donors (Lipinski definition) is 3. The second-order valence-corrected chi connectivity index (χ2v) is 13.0. The van der Waals surface area contributed by atoms with Gasteiger partial charge in [0, 0.05) is 6.42 Å². The van der Waals surface area contributed by atoms with E-state index < -0.39 is 5.97 Å². The zero-order chi connectivity index (χ0) is 25.5. The van der Waals surface area contributed by atoms with Crippen molar-refractivity contribution in [3.05, 3.63) is 0 Å². The minimum atomic E-state index is -0.422. The third kappa shape index (κ3) is 4.67. The number of nitrogens with one attached hydrogen (secondary N) is 1. The molecule has 4 saturated carbocycles. The molecule has 4 aliphatic rings. The molecule has 0 aliphatic heterocycles. The Bertz CT molecular complexity index is 787. The van der Waals surface area contributed by atoms with Crippen LogP contribution in [0.4, 0.5) is 0 Å². The Kier molecular flexibility index (Phi) is 7.93. The first kappa shape index (κ1) is 26.9. The topological polar surface area (TPSA) is 95.9 Å². The van der Waals surface area contributed by atoms with Crippen molar-refractivity contribution in [2.75, 3.05) is 13.7 Å². The Balaban J connectivity index is 1.47. The standard InChI is InChI=1S/C29H49NO5/c1-6-19-23-15-18(31)11-13-29(23,4)22-12-14-28(3)20(8-9-21(28)26(22)27(19)34)17(2)7-10-24(32)30-16-25(33)35-5/h17-23,26-27,31,34H,6-16H2,1-5H3,(H,30,32)/t17-,18-,19-,20-,21+,22+,23?,26+,27-,28-,29-/m1/s1. The summed E-state index contributed by atoms with van der Waals surface area (Å²) in [5.41, 5.74) is 0.437. The van der Waals surface area contributed by atoms with Gasteiger partial charge in [0.1, 0.15) is 6.54 Å². The average Bonchev–Trinajstić information content (AvgIpc) is 3.19. The molecule has 4 aliphatic carbocycles. The summed E-state index contributed by atoms with van der Waals surface area (Å²) >= 11 is 0. The van der Waals surface area contributed by atoms with Crippen molar-refractivity contribution in [3.8, 4) is 0 Å². The molecule has 35 heavy (non-hydrogen) atoms. The van der Waals surface area contributed by atoms with Crippen molar-refractivity contribution in [1.29, 1.82) is 0 Å². The van der Waals surface area contributed by atoms with Gasteiger partial charge in [0.15, 0.2) is 0 Å². The van der Waals surface area contributed by atoms with Crippen LogP contribution < -0.4 is 5.32 Å². The second kappa shape index (κ2) is 10.3. The van der Waals surface area contributed by atoms with E-state index in [0.29, 0.717) is 41.9 Å². The van der Waals surface area contributed by atoms with Crippen LogP contribution in [-0.4, -0.2) is 48.0 Å². The zero-order valence-electron chi connectivity index (χ0n) is 22.6. The number of esters is 1. The summed E-state index contributed by atoms with van der Waals surface area (Å²) in [5, 5.41) is 25.0. The number of aliphatic hydroxyl groups excluding tert-OH is 2. The average molecular weight is 492 g/mol. The van der Waals surface area contributed by atoms with Gasteiger partial charge in [0.05, 0.1) is 19.3 Å². The number of methoxy groups -OCH3 is 1. The Morgan fingerprint density at radius 2 is 1.71 bits per heavy atom. The molecular formula is C29H49NO5. The Morgan fingerprint density at radius 1 is 1.03 bits per heavy atom. The molecule has 1 amide bonds. The maximum atomic E-state index is 12.3. The molecule has 1 unspecified atom stereocenters. The third-order valence-corrected chi connectivity index (χ3v) is 11.6. The van der Waals surface area contributed by atoms with Crippen LogP contribution >= 0.6 is 0 Å². The molecule has 4 fully saturated rings. The molecule has 3 N–H and O–H groups in total. The second-order valence-electron chi connectivity index (χ2n) is 13.0. The van der Waals surface area contributed by atoms with Gasteiger partial charge in [0.25, 0.3) is 0 Å². The van der Waals surface area contributed by atoms with Crippen LogP contribution in [0.5, 0.6) is 0 Å². The van der Waals surface area contributed by atoms with Gasteiger partial charge in [-0.25, -0.2) is 0 Å². The maximum Gasteiger partial charge on any atom is 0.325 e. The number of aliphatic hydroxyl groups is 2. The lowest BCUT2D eigenvalue weighted by molar-refractivity contribution is -0.203. The lowest BCUT2D eigenvalue weighted by atomic mass is 9.41. The summed E-state index contributed by atoms with van der Waals surface area (Å²) in [6, 6.07) is 0. The Morgan fingerprint density at radius 3 is 2.40 bits per heavy atom. The van der Waals surface area contributed by atoms with Crippen molar-refractivity contribution >= 4 is 11.9 Å². The van der Waals surface area contributed by atoms with Crippen LogP contribution in [0.25, 0.3) is 0 Å². The summed E-state index contributed by atoms with van der Waals surface area (Å²) in [6.45, 7) is 9.42. The van der Waals surface area contributed by atoms with Gasteiger partial charge < -0.3 is 20.3 Å². The zero-order valence-corrected chi connectivity index (χ0v) is 22.6. The number of ether oxygens (including phenoxy) is 1. The molecular weight excluding hydrogens is 442 g/mol. The van der Waals surface area contributed by atoms with E-state index in [1.54, 1.807) is 0 Å². The molecule has 200 valence electrons. The molecule has 0 saturated heterocycles. The number of hydrogen-bond acceptors (Lipinski definition) is 5. The van der Waals surface area contributed by atoms with Crippen molar-refractivity contribution in [2.24, 2.45) is 52.3 Å². The van der Waals surface area contributed by atoms with Gasteiger partial charge in [0.2, 0.25) is 5.91 Å². The van der Waals surface area contributed by atoms with Crippen LogP contribution in [0.1, 0.15) is 91.9 Å². The quantitative estimate of drug-likeness (QED) is 0.461. The van der Waals surface area contributed by atoms with Crippen LogP contribution in [0.3, 0.4) is 0 Å². The van der Waals surface area contributed by atoms with Crippen molar-refractivity contribution < 1.29 is 24.5 Å². The first-order chi connectivity index (χ1) is 16.6. The number of carbonyl (C=O) groups excluding carboxylic acids is 2.